The molecule has 0 aromatic heterocycles. The van der Waals surface area contributed by atoms with Gasteiger partial charge in [0, 0.05) is 18.7 Å². The Labute approximate surface area is 208 Å². The highest BCUT2D eigenvalue weighted by atomic mass is 32.2. The molecule has 2 aromatic rings. The summed E-state index contributed by atoms with van der Waals surface area (Å²) in [4.78, 5) is 27.8. The van der Waals surface area contributed by atoms with E-state index in [2.05, 4.69) is 5.32 Å². The van der Waals surface area contributed by atoms with Crippen LogP contribution in [0.25, 0.3) is 0 Å². The number of benzene rings is 2. The van der Waals surface area contributed by atoms with Crippen LogP contribution in [0, 0.1) is 6.92 Å². The van der Waals surface area contributed by atoms with Crippen LogP contribution in [0.3, 0.4) is 0 Å². The fourth-order valence-corrected chi connectivity index (χ4v) is 4.39. The second-order valence-electron chi connectivity index (χ2n) is 8.60. The first-order valence-corrected chi connectivity index (χ1v) is 13.1. The minimum atomic E-state index is -3.85. The van der Waals surface area contributed by atoms with E-state index < -0.39 is 28.5 Å². The van der Waals surface area contributed by atoms with E-state index in [0.717, 1.165) is 21.7 Å². The van der Waals surface area contributed by atoms with Crippen molar-refractivity contribution in [3.8, 4) is 11.5 Å². The highest BCUT2D eigenvalue weighted by molar-refractivity contribution is 7.92. The van der Waals surface area contributed by atoms with Gasteiger partial charge in [-0.05, 0) is 51.0 Å². The van der Waals surface area contributed by atoms with Crippen LogP contribution >= 0.6 is 0 Å². The number of hydrogen-bond donors (Lipinski definition) is 1. The van der Waals surface area contributed by atoms with Gasteiger partial charge in [-0.1, -0.05) is 24.3 Å². The van der Waals surface area contributed by atoms with Crippen molar-refractivity contribution in [2.24, 2.45) is 0 Å². The lowest BCUT2D eigenvalue weighted by atomic mass is 10.1. The number of carbonyl (C=O) groups excluding carboxylic acids is 2. The Bertz CT molecular complexity index is 1150. The molecular formula is C25H35N3O6S. The smallest absolute Gasteiger partial charge is 0.244 e. The average molecular weight is 506 g/mol. The second kappa shape index (κ2) is 11.9. The lowest BCUT2D eigenvalue weighted by molar-refractivity contribution is -0.139. The molecule has 0 fully saturated rings. The zero-order valence-corrected chi connectivity index (χ0v) is 22.2. The zero-order chi connectivity index (χ0) is 26.3. The Morgan fingerprint density at radius 3 is 2.17 bits per heavy atom. The summed E-state index contributed by atoms with van der Waals surface area (Å²) in [5, 5.41) is 2.83. The first kappa shape index (κ1) is 28.0. The van der Waals surface area contributed by atoms with E-state index in [0.29, 0.717) is 11.5 Å². The molecule has 0 saturated carbocycles. The molecule has 192 valence electrons. The van der Waals surface area contributed by atoms with Crippen molar-refractivity contribution < 1.29 is 27.5 Å². The van der Waals surface area contributed by atoms with Gasteiger partial charge >= 0.3 is 0 Å². The number of carbonyl (C=O) groups is 2. The molecule has 0 spiro atoms. The molecule has 0 unspecified atom stereocenters. The summed E-state index contributed by atoms with van der Waals surface area (Å²) in [7, 11) is -0.933. The van der Waals surface area contributed by atoms with Crippen LogP contribution in [0.2, 0.25) is 0 Å². The quantitative estimate of drug-likeness (QED) is 0.504. The van der Waals surface area contributed by atoms with Gasteiger partial charge in [0.25, 0.3) is 0 Å². The van der Waals surface area contributed by atoms with Crippen molar-refractivity contribution in [3.63, 3.8) is 0 Å². The minimum absolute atomic E-state index is 0.111. The van der Waals surface area contributed by atoms with Gasteiger partial charge in [-0.2, -0.15) is 0 Å². The van der Waals surface area contributed by atoms with Crippen molar-refractivity contribution in [1.82, 2.24) is 10.2 Å². The van der Waals surface area contributed by atoms with Gasteiger partial charge in [-0.15, -0.1) is 0 Å². The van der Waals surface area contributed by atoms with E-state index in [1.807, 2.05) is 45.0 Å². The molecule has 0 aliphatic carbocycles. The maximum absolute atomic E-state index is 13.6. The van der Waals surface area contributed by atoms with Crippen LogP contribution in [0.4, 0.5) is 5.69 Å². The van der Waals surface area contributed by atoms with Crippen molar-refractivity contribution in [2.75, 3.05) is 31.3 Å². The Hall–Kier alpha value is -3.27. The Kier molecular flexibility index (Phi) is 9.53. The van der Waals surface area contributed by atoms with Gasteiger partial charge in [0.15, 0.2) is 11.5 Å². The van der Waals surface area contributed by atoms with E-state index in [9.17, 15) is 18.0 Å². The fourth-order valence-electron chi connectivity index (χ4n) is 3.55. The molecule has 35 heavy (non-hydrogen) atoms. The summed E-state index contributed by atoms with van der Waals surface area (Å²) in [6.07, 6.45) is 1.03. The van der Waals surface area contributed by atoms with Crippen LogP contribution in [0.1, 0.15) is 31.9 Å². The summed E-state index contributed by atoms with van der Waals surface area (Å²) in [5.74, 6) is -0.0810. The maximum atomic E-state index is 13.6. The number of amides is 2. The molecular weight excluding hydrogens is 470 g/mol. The summed E-state index contributed by atoms with van der Waals surface area (Å²) in [5.41, 5.74) is 2.07. The number of aryl methyl sites for hydroxylation is 1. The highest BCUT2D eigenvalue weighted by Gasteiger charge is 2.30. The highest BCUT2D eigenvalue weighted by Crippen LogP contribution is 2.32. The summed E-state index contributed by atoms with van der Waals surface area (Å²) in [6, 6.07) is 11.2. The number of nitrogens with one attached hydrogen (secondary N) is 1. The summed E-state index contributed by atoms with van der Waals surface area (Å²) < 4.78 is 36.9. The first-order valence-electron chi connectivity index (χ1n) is 11.2. The van der Waals surface area contributed by atoms with E-state index in [-0.39, 0.29) is 24.2 Å². The minimum Gasteiger partial charge on any atom is -0.493 e. The lowest BCUT2D eigenvalue weighted by Crippen LogP contribution is -2.52. The topological polar surface area (TPSA) is 105 Å². The third kappa shape index (κ3) is 7.35. The van der Waals surface area contributed by atoms with Gasteiger partial charge in [-0.3, -0.25) is 13.9 Å². The third-order valence-electron chi connectivity index (χ3n) is 5.53. The molecule has 0 aliphatic heterocycles. The van der Waals surface area contributed by atoms with Gasteiger partial charge < -0.3 is 19.7 Å². The molecule has 0 radical (unpaired) electrons. The monoisotopic (exact) mass is 505 g/mol. The second-order valence-corrected chi connectivity index (χ2v) is 10.5. The number of nitrogens with zero attached hydrogens (tertiary/aromatic N) is 2. The SMILES string of the molecule is COc1ccc(N(CC(=O)N(Cc2ccccc2C)[C@H](C)C(=O)NC(C)C)S(C)(=O)=O)cc1OC. The molecule has 2 aromatic carbocycles. The van der Waals surface area contributed by atoms with E-state index >= 15 is 0 Å². The summed E-state index contributed by atoms with van der Waals surface area (Å²) >= 11 is 0. The first-order chi connectivity index (χ1) is 16.4. The van der Waals surface area contributed by atoms with Crippen molar-refractivity contribution in [1.29, 1.82) is 0 Å². The van der Waals surface area contributed by atoms with Gasteiger partial charge in [0.05, 0.1) is 26.2 Å². The molecule has 1 N–H and O–H groups in total. The third-order valence-corrected chi connectivity index (χ3v) is 6.68. The van der Waals surface area contributed by atoms with E-state index in [1.165, 1.54) is 31.3 Å². The van der Waals surface area contributed by atoms with E-state index in [1.54, 1.807) is 13.0 Å². The normalized spacial score (nSPS) is 12.1. The molecule has 0 saturated heterocycles. The van der Waals surface area contributed by atoms with Crippen LogP contribution in [0.15, 0.2) is 42.5 Å². The Morgan fingerprint density at radius 1 is 1.00 bits per heavy atom. The number of methoxy groups -OCH3 is 2. The van der Waals surface area contributed by atoms with Crippen LogP contribution in [-0.4, -0.2) is 64.2 Å². The lowest BCUT2D eigenvalue weighted by Gasteiger charge is -2.32. The molecule has 1 atom stereocenters. The van der Waals surface area contributed by atoms with Gasteiger partial charge in [0.2, 0.25) is 21.8 Å². The molecule has 2 rings (SSSR count). The molecule has 0 heterocycles. The summed E-state index contributed by atoms with van der Waals surface area (Å²) in [6.45, 7) is 6.89. The number of anilines is 1. The molecule has 0 bridgehead atoms. The van der Waals surface area contributed by atoms with E-state index in [4.69, 9.17) is 9.47 Å². The van der Waals surface area contributed by atoms with Crippen molar-refractivity contribution >= 4 is 27.5 Å². The molecule has 10 heteroatoms. The number of sulfonamides is 1. The molecule has 0 aliphatic rings. The predicted molar refractivity (Wildman–Crippen MR) is 136 cm³/mol. The number of ether oxygens (including phenoxy) is 2. The number of hydrogen-bond acceptors (Lipinski definition) is 6. The van der Waals surface area contributed by atoms with Gasteiger partial charge in [-0.25, -0.2) is 8.42 Å². The van der Waals surface area contributed by atoms with Crippen LogP contribution in [-0.2, 0) is 26.2 Å². The zero-order valence-electron chi connectivity index (χ0n) is 21.4. The van der Waals surface area contributed by atoms with Crippen LogP contribution < -0.4 is 19.1 Å². The standard InChI is InChI=1S/C25H35N3O6S/c1-17(2)26-25(30)19(4)27(15-20-11-9-8-10-18(20)3)24(29)16-28(35(7,31)32)21-12-13-22(33-5)23(14-21)34-6/h8-14,17,19H,15-16H2,1-7H3,(H,26,30)/t19-/m1/s1. The predicted octanol–water partition coefficient (Wildman–Crippen LogP) is 2.72. The molecule has 2 amide bonds. The van der Waals surface area contributed by atoms with Crippen molar-refractivity contribution in [2.45, 2.75) is 46.3 Å². The number of rotatable bonds is 11. The molecule has 9 nitrogen and oxygen atoms in total. The van der Waals surface area contributed by atoms with Crippen molar-refractivity contribution in [3.05, 3.63) is 53.6 Å². The Morgan fingerprint density at radius 2 is 1.63 bits per heavy atom. The Balaban J connectivity index is 2.45. The fraction of sp³-hybridized carbons (Fsp3) is 0.440. The van der Waals surface area contributed by atoms with Crippen LogP contribution in [0.5, 0.6) is 11.5 Å². The average Bonchev–Trinajstić information content (AvgIpc) is 2.79. The largest absolute Gasteiger partial charge is 0.493 e. The maximum Gasteiger partial charge on any atom is 0.244 e. The van der Waals surface area contributed by atoms with Gasteiger partial charge in [0.1, 0.15) is 12.6 Å².